The van der Waals surface area contributed by atoms with Gasteiger partial charge in [-0.1, -0.05) is 76.8 Å². The maximum absolute atomic E-state index is 10.3. The number of hydrogen-bond donors (Lipinski definition) is 2. The molecule has 170 valence electrons. The standard InChI is InChI=1S/C27H44O3/c1-19(2)8-6-9-21(4)24-13-14-25-22(10-7-16-26(24,25)5)11-12-23-18-27(28,30-29)17-15-20(23)3/h11-12,19,21,24-25,28-29H,3,6-10,13-18H2,1-2,4-5H3/t21-,24-,25?,26-,27+/m1/s1. The van der Waals surface area contributed by atoms with E-state index in [-0.39, 0.29) is 0 Å². The molecule has 1 unspecified atom stereocenters. The zero-order valence-corrected chi connectivity index (χ0v) is 19.8. The molecule has 3 saturated carbocycles. The van der Waals surface area contributed by atoms with Crippen molar-refractivity contribution in [1.82, 2.24) is 0 Å². The predicted molar refractivity (Wildman–Crippen MR) is 124 cm³/mol. The molecule has 2 N–H and O–H groups in total. The Morgan fingerprint density at radius 1 is 1.13 bits per heavy atom. The number of allylic oxidation sites excluding steroid dienone is 4. The minimum Gasteiger partial charge on any atom is -0.363 e. The Labute approximate surface area is 184 Å². The Bertz CT molecular complexity index is 676. The number of rotatable bonds is 7. The molecule has 3 fully saturated rings. The Hall–Kier alpha value is -0.900. The van der Waals surface area contributed by atoms with E-state index in [1.165, 1.54) is 51.4 Å². The van der Waals surface area contributed by atoms with Crippen LogP contribution in [0.1, 0.15) is 98.3 Å². The maximum atomic E-state index is 10.3. The molecule has 5 atom stereocenters. The van der Waals surface area contributed by atoms with E-state index in [1.807, 2.05) is 0 Å². The Kier molecular flexibility index (Phi) is 7.69. The van der Waals surface area contributed by atoms with E-state index in [0.29, 0.717) is 30.6 Å². The van der Waals surface area contributed by atoms with Gasteiger partial charge in [-0.2, -0.15) is 0 Å². The molecule has 3 aliphatic carbocycles. The van der Waals surface area contributed by atoms with Gasteiger partial charge in [-0.15, -0.1) is 0 Å². The second-order valence-electron chi connectivity index (χ2n) is 11.1. The van der Waals surface area contributed by atoms with Gasteiger partial charge in [0.25, 0.3) is 0 Å². The van der Waals surface area contributed by atoms with Gasteiger partial charge >= 0.3 is 0 Å². The Morgan fingerprint density at radius 3 is 2.60 bits per heavy atom. The molecule has 0 heterocycles. The van der Waals surface area contributed by atoms with Crippen molar-refractivity contribution in [1.29, 1.82) is 0 Å². The lowest BCUT2D eigenvalue weighted by Gasteiger charge is -2.44. The summed E-state index contributed by atoms with van der Waals surface area (Å²) in [6.07, 6.45) is 16.4. The first-order valence-electron chi connectivity index (χ1n) is 12.3. The largest absolute Gasteiger partial charge is 0.363 e. The SMILES string of the molecule is C=C1CC[C@](O)(OO)CC1=CC=C1CCC[C@@]2(C)C1CC[C@@H]2[C@H](C)CCCC(C)C. The second-order valence-corrected chi connectivity index (χ2v) is 11.1. The molecular formula is C27H44O3. The molecule has 0 aromatic rings. The summed E-state index contributed by atoms with van der Waals surface area (Å²) in [6.45, 7) is 13.9. The van der Waals surface area contributed by atoms with Gasteiger partial charge in [-0.3, -0.25) is 0 Å². The van der Waals surface area contributed by atoms with E-state index < -0.39 is 5.79 Å². The summed E-state index contributed by atoms with van der Waals surface area (Å²) < 4.78 is 0. The van der Waals surface area contributed by atoms with Gasteiger partial charge in [0.2, 0.25) is 5.79 Å². The lowest BCUT2D eigenvalue weighted by molar-refractivity contribution is -0.394. The van der Waals surface area contributed by atoms with Crippen molar-refractivity contribution in [2.45, 2.75) is 104 Å². The third-order valence-corrected chi connectivity index (χ3v) is 8.57. The first-order chi connectivity index (χ1) is 14.2. The summed E-state index contributed by atoms with van der Waals surface area (Å²) in [4.78, 5) is 4.37. The van der Waals surface area contributed by atoms with Crippen molar-refractivity contribution in [3.05, 3.63) is 35.5 Å². The summed E-state index contributed by atoms with van der Waals surface area (Å²) >= 11 is 0. The molecule has 30 heavy (non-hydrogen) atoms. The van der Waals surface area contributed by atoms with Crippen LogP contribution in [-0.4, -0.2) is 16.2 Å². The molecule has 0 saturated heterocycles. The van der Waals surface area contributed by atoms with Crippen LogP contribution in [-0.2, 0) is 4.89 Å². The monoisotopic (exact) mass is 416 g/mol. The first-order valence-corrected chi connectivity index (χ1v) is 12.3. The van der Waals surface area contributed by atoms with Crippen molar-refractivity contribution < 1.29 is 15.3 Å². The third-order valence-electron chi connectivity index (χ3n) is 8.57. The number of hydrogen-bond acceptors (Lipinski definition) is 3. The smallest absolute Gasteiger partial charge is 0.203 e. The normalized spacial score (nSPS) is 38.4. The van der Waals surface area contributed by atoms with Crippen LogP contribution in [0.2, 0.25) is 0 Å². The molecule has 0 amide bonds. The van der Waals surface area contributed by atoms with Crippen LogP contribution in [0.25, 0.3) is 0 Å². The maximum Gasteiger partial charge on any atom is 0.203 e. The molecule has 0 aromatic heterocycles. The van der Waals surface area contributed by atoms with Crippen LogP contribution in [0, 0.1) is 29.1 Å². The molecule has 0 aliphatic heterocycles. The van der Waals surface area contributed by atoms with Crippen molar-refractivity contribution >= 4 is 0 Å². The van der Waals surface area contributed by atoms with E-state index in [1.54, 1.807) is 5.57 Å². The molecule has 3 heteroatoms. The quantitative estimate of drug-likeness (QED) is 0.258. The molecule has 3 nitrogen and oxygen atoms in total. The van der Waals surface area contributed by atoms with E-state index in [0.717, 1.165) is 28.9 Å². The minimum atomic E-state index is -1.46. The summed E-state index contributed by atoms with van der Waals surface area (Å²) in [6, 6.07) is 0. The molecule has 0 spiro atoms. The highest BCUT2D eigenvalue weighted by Crippen LogP contribution is 2.60. The second kappa shape index (κ2) is 9.71. The highest BCUT2D eigenvalue weighted by atomic mass is 17.1. The molecular weight excluding hydrogens is 372 g/mol. The number of aliphatic hydroxyl groups is 1. The summed E-state index contributed by atoms with van der Waals surface area (Å²) in [5.74, 6) is 1.68. The summed E-state index contributed by atoms with van der Waals surface area (Å²) in [7, 11) is 0. The van der Waals surface area contributed by atoms with Gasteiger partial charge in [0, 0.05) is 12.8 Å². The van der Waals surface area contributed by atoms with E-state index in [2.05, 4.69) is 51.3 Å². The van der Waals surface area contributed by atoms with Crippen LogP contribution >= 0.6 is 0 Å². The Morgan fingerprint density at radius 2 is 1.90 bits per heavy atom. The van der Waals surface area contributed by atoms with Crippen LogP contribution in [0.15, 0.2) is 35.5 Å². The average molecular weight is 417 g/mol. The summed E-state index contributed by atoms with van der Waals surface area (Å²) in [5.41, 5.74) is 4.07. The lowest BCUT2D eigenvalue weighted by Crippen LogP contribution is -2.36. The van der Waals surface area contributed by atoms with Crippen LogP contribution in [0.5, 0.6) is 0 Å². The average Bonchev–Trinajstić information content (AvgIpc) is 3.06. The van der Waals surface area contributed by atoms with Gasteiger partial charge in [0.05, 0.1) is 0 Å². The molecule has 0 aromatic carbocycles. The van der Waals surface area contributed by atoms with E-state index >= 15 is 0 Å². The van der Waals surface area contributed by atoms with Crippen molar-refractivity contribution in [2.24, 2.45) is 29.1 Å². The van der Waals surface area contributed by atoms with Crippen LogP contribution < -0.4 is 0 Å². The van der Waals surface area contributed by atoms with Crippen molar-refractivity contribution in [2.75, 3.05) is 0 Å². The molecule has 3 aliphatic rings. The lowest BCUT2D eigenvalue weighted by atomic mass is 9.60. The van der Waals surface area contributed by atoms with Gasteiger partial charge in [-0.05, 0) is 73.2 Å². The predicted octanol–water partition coefficient (Wildman–Crippen LogP) is 7.44. The fourth-order valence-electron chi connectivity index (χ4n) is 6.74. The summed E-state index contributed by atoms with van der Waals surface area (Å²) in [5, 5.41) is 19.4. The first kappa shape index (κ1) is 23.8. The van der Waals surface area contributed by atoms with Gasteiger partial charge in [-0.25, -0.2) is 10.1 Å². The fourth-order valence-corrected chi connectivity index (χ4v) is 6.74. The van der Waals surface area contributed by atoms with Gasteiger partial charge in [0.1, 0.15) is 0 Å². The van der Waals surface area contributed by atoms with Gasteiger partial charge < -0.3 is 5.11 Å². The molecule has 0 bridgehead atoms. The van der Waals surface area contributed by atoms with Crippen molar-refractivity contribution in [3.63, 3.8) is 0 Å². The highest BCUT2D eigenvalue weighted by Gasteiger charge is 2.50. The zero-order chi connectivity index (χ0) is 21.9. The van der Waals surface area contributed by atoms with Crippen molar-refractivity contribution in [3.8, 4) is 0 Å². The van der Waals surface area contributed by atoms with E-state index in [4.69, 9.17) is 5.26 Å². The molecule has 0 radical (unpaired) electrons. The van der Waals surface area contributed by atoms with Crippen LogP contribution in [0.3, 0.4) is 0 Å². The van der Waals surface area contributed by atoms with Crippen LogP contribution in [0.4, 0.5) is 0 Å². The highest BCUT2D eigenvalue weighted by molar-refractivity contribution is 5.37. The molecule has 3 rings (SSSR count). The Balaban J connectivity index is 1.72. The third kappa shape index (κ3) is 5.11. The van der Waals surface area contributed by atoms with E-state index in [9.17, 15) is 5.11 Å². The number of fused-ring (bicyclic) bond motifs is 1. The topological polar surface area (TPSA) is 49.7 Å². The fraction of sp³-hybridized carbons (Fsp3) is 0.778. The minimum absolute atomic E-state index is 0.309. The zero-order valence-electron chi connectivity index (χ0n) is 19.8. The van der Waals surface area contributed by atoms with Gasteiger partial charge in [0.15, 0.2) is 0 Å².